The van der Waals surface area contributed by atoms with Crippen LogP contribution in [0.1, 0.15) is 14.5 Å². The Bertz CT molecular complexity index is 588. The smallest absolute Gasteiger partial charge is 0.264 e. The number of aromatic nitrogens is 1. The van der Waals surface area contributed by atoms with Crippen molar-refractivity contribution in [2.45, 2.75) is 6.92 Å². The van der Waals surface area contributed by atoms with Crippen molar-refractivity contribution in [1.29, 1.82) is 0 Å². The number of amides is 1. The van der Waals surface area contributed by atoms with E-state index in [1.54, 1.807) is 23.7 Å². The summed E-state index contributed by atoms with van der Waals surface area (Å²) < 4.78 is 0. The number of anilines is 1. The highest BCUT2D eigenvalue weighted by Crippen LogP contribution is 2.20. The first-order chi connectivity index (χ1) is 9.74. The maximum Gasteiger partial charge on any atom is 0.264 e. The van der Waals surface area contributed by atoms with Gasteiger partial charge in [-0.1, -0.05) is 0 Å². The van der Waals surface area contributed by atoms with Gasteiger partial charge in [0.05, 0.1) is 4.88 Å². The molecular formula is C15H17N3OS. The Morgan fingerprint density at radius 1 is 1.10 bits per heavy atom. The number of rotatable bonds is 2. The predicted molar refractivity (Wildman–Crippen MR) is 81.4 cm³/mol. The number of thiophene rings is 1. The Labute approximate surface area is 122 Å². The van der Waals surface area contributed by atoms with Crippen LogP contribution in [0.3, 0.4) is 0 Å². The van der Waals surface area contributed by atoms with E-state index in [1.165, 1.54) is 10.6 Å². The quantitative estimate of drug-likeness (QED) is 0.851. The van der Waals surface area contributed by atoms with Crippen LogP contribution >= 0.6 is 11.3 Å². The summed E-state index contributed by atoms with van der Waals surface area (Å²) >= 11 is 1.57. The van der Waals surface area contributed by atoms with Crippen molar-refractivity contribution in [2.75, 3.05) is 31.1 Å². The minimum Gasteiger partial charge on any atom is -0.368 e. The summed E-state index contributed by atoms with van der Waals surface area (Å²) in [5.74, 6) is 0.164. The predicted octanol–water partition coefficient (Wildman–Crippen LogP) is 2.41. The lowest BCUT2D eigenvalue weighted by Crippen LogP contribution is -2.48. The van der Waals surface area contributed by atoms with E-state index in [0.717, 1.165) is 31.1 Å². The zero-order chi connectivity index (χ0) is 13.9. The van der Waals surface area contributed by atoms with Crippen molar-refractivity contribution in [3.63, 3.8) is 0 Å². The maximum absolute atomic E-state index is 12.4. The lowest BCUT2D eigenvalue weighted by molar-refractivity contribution is 0.0751. The molecule has 0 radical (unpaired) electrons. The highest BCUT2D eigenvalue weighted by molar-refractivity contribution is 7.13. The monoisotopic (exact) mass is 287 g/mol. The van der Waals surface area contributed by atoms with E-state index < -0.39 is 0 Å². The van der Waals surface area contributed by atoms with Gasteiger partial charge in [0.2, 0.25) is 0 Å². The maximum atomic E-state index is 12.4. The van der Waals surface area contributed by atoms with Crippen LogP contribution in [0.15, 0.2) is 36.7 Å². The third-order valence-corrected chi connectivity index (χ3v) is 4.53. The van der Waals surface area contributed by atoms with Crippen molar-refractivity contribution < 1.29 is 4.79 Å². The summed E-state index contributed by atoms with van der Waals surface area (Å²) in [5, 5.41) is 0. The van der Waals surface area contributed by atoms with Crippen molar-refractivity contribution in [2.24, 2.45) is 0 Å². The van der Waals surface area contributed by atoms with Gasteiger partial charge >= 0.3 is 0 Å². The molecule has 2 aromatic rings. The average molecular weight is 287 g/mol. The largest absolute Gasteiger partial charge is 0.368 e. The fourth-order valence-corrected chi connectivity index (χ4v) is 3.26. The lowest BCUT2D eigenvalue weighted by Gasteiger charge is -2.35. The van der Waals surface area contributed by atoms with Gasteiger partial charge in [-0.05, 0) is 31.2 Å². The normalized spacial score (nSPS) is 15.4. The van der Waals surface area contributed by atoms with Crippen LogP contribution in [0, 0.1) is 6.92 Å². The number of piperazine rings is 1. The topological polar surface area (TPSA) is 36.4 Å². The Hall–Kier alpha value is -1.88. The number of hydrogen-bond donors (Lipinski definition) is 0. The number of aryl methyl sites for hydroxylation is 1. The lowest BCUT2D eigenvalue weighted by atomic mass is 10.2. The van der Waals surface area contributed by atoms with Crippen LogP contribution in [0.2, 0.25) is 0 Å². The number of carbonyl (C=O) groups is 1. The fourth-order valence-electron chi connectivity index (χ4n) is 2.43. The van der Waals surface area contributed by atoms with Crippen molar-refractivity contribution in [1.82, 2.24) is 9.88 Å². The minimum atomic E-state index is 0.164. The third-order valence-electron chi connectivity index (χ3n) is 3.55. The fraction of sp³-hybridized carbons (Fsp3) is 0.333. The van der Waals surface area contributed by atoms with E-state index >= 15 is 0 Å². The van der Waals surface area contributed by atoms with Crippen molar-refractivity contribution in [3.05, 3.63) is 46.4 Å². The van der Waals surface area contributed by atoms with E-state index in [4.69, 9.17) is 0 Å². The highest BCUT2D eigenvalue weighted by Gasteiger charge is 2.22. The standard InChI is InChI=1S/C15H17N3OS/c1-12-2-3-14(20-12)15(19)18-10-8-17(9-11-18)13-4-6-16-7-5-13/h2-7H,8-11H2,1H3. The second-order valence-corrected chi connectivity index (χ2v) is 6.18. The van der Waals surface area contributed by atoms with E-state index in [2.05, 4.69) is 9.88 Å². The molecule has 3 rings (SSSR count). The molecule has 0 bridgehead atoms. The summed E-state index contributed by atoms with van der Waals surface area (Å²) in [4.78, 5) is 22.7. The van der Waals surface area contributed by atoms with Crippen LogP contribution in [0.4, 0.5) is 5.69 Å². The van der Waals surface area contributed by atoms with E-state index in [0.29, 0.717) is 0 Å². The molecule has 1 aliphatic rings. The molecule has 0 spiro atoms. The summed E-state index contributed by atoms with van der Waals surface area (Å²) in [6, 6.07) is 7.96. The minimum absolute atomic E-state index is 0.164. The summed E-state index contributed by atoms with van der Waals surface area (Å²) in [6.07, 6.45) is 3.61. The van der Waals surface area contributed by atoms with Gasteiger partial charge in [0.15, 0.2) is 0 Å². The molecule has 3 heterocycles. The zero-order valence-electron chi connectivity index (χ0n) is 11.5. The Balaban J connectivity index is 1.63. The van der Waals surface area contributed by atoms with Crippen LogP contribution in [0.25, 0.3) is 0 Å². The van der Waals surface area contributed by atoms with Crippen molar-refractivity contribution >= 4 is 22.9 Å². The molecule has 0 N–H and O–H groups in total. The SMILES string of the molecule is Cc1ccc(C(=O)N2CCN(c3ccncc3)CC2)s1. The number of hydrogen-bond acceptors (Lipinski definition) is 4. The molecule has 0 aromatic carbocycles. The number of nitrogens with zero attached hydrogens (tertiary/aromatic N) is 3. The summed E-state index contributed by atoms with van der Waals surface area (Å²) in [6.45, 7) is 5.33. The first kappa shape index (κ1) is 13.1. The summed E-state index contributed by atoms with van der Waals surface area (Å²) in [7, 11) is 0. The van der Waals surface area contributed by atoms with Gasteiger partial charge in [-0.25, -0.2) is 0 Å². The Kier molecular flexibility index (Phi) is 3.69. The van der Waals surface area contributed by atoms with Crippen molar-refractivity contribution in [3.8, 4) is 0 Å². The number of carbonyl (C=O) groups excluding carboxylic acids is 1. The Morgan fingerprint density at radius 3 is 2.40 bits per heavy atom. The third kappa shape index (κ3) is 2.67. The molecule has 0 atom stereocenters. The molecule has 0 saturated carbocycles. The molecule has 104 valence electrons. The van der Waals surface area contributed by atoms with Gasteiger partial charge in [0, 0.05) is 49.1 Å². The molecule has 1 saturated heterocycles. The highest BCUT2D eigenvalue weighted by atomic mass is 32.1. The van der Waals surface area contributed by atoms with Crippen LogP contribution in [-0.4, -0.2) is 42.0 Å². The molecule has 5 heteroatoms. The molecule has 1 aliphatic heterocycles. The summed E-state index contributed by atoms with van der Waals surface area (Å²) in [5.41, 5.74) is 1.18. The molecule has 4 nitrogen and oxygen atoms in total. The van der Waals surface area contributed by atoms with Crippen LogP contribution in [-0.2, 0) is 0 Å². The molecular weight excluding hydrogens is 270 g/mol. The van der Waals surface area contributed by atoms with Gasteiger partial charge in [-0.2, -0.15) is 0 Å². The van der Waals surface area contributed by atoms with Gasteiger partial charge in [-0.3, -0.25) is 9.78 Å². The molecule has 1 fully saturated rings. The molecule has 0 aliphatic carbocycles. The average Bonchev–Trinajstić information content (AvgIpc) is 2.94. The van der Waals surface area contributed by atoms with Gasteiger partial charge in [0.1, 0.15) is 0 Å². The first-order valence-corrected chi connectivity index (χ1v) is 7.56. The second kappa shape index (κ2) is 5.63. The van der Waals surface area contributed by atoms with Crippen LogP contribution < -0.4 is 4.90 Å². The molecule has 1 amide bonds. The number of pyridine rings is 1. The van der Waals surface area contributed by atoms with E-state index in [-0.39, 0.29) is 5.91 Å². The van der Waals surface area contributed by atoms with Gasteiger partial charge in [-0.15, -0.1) is 11.3 Å². The second-order valence-electron chi connectivity index (χ2n) is 4.89. The van der Waals surface area contributed by atoms with Crippen LogP contribution in [0.5, 0.6) is 0 Å². The van der Waals surface area contributed by atoms with E-state index in [1.807, 2.05) is 36.1 Å². The zero-order valence-corrected chi connectivity index (χ0v) is 12.3. The molecule has 20 heavy (non-hydrogen) atoms. The first-order valence-electron chi connectivity index (χ1n) is 6.75. The van der Waals surface area contributed by atoms with Gasteiger partial charge < -0.3 is 9.80 Å². The molecule has 0 unspecified atom stereocenters. The molecule has 2 aromatic heterocycles. The van der Waals surface area contributed by atoms with E-state index in [9.17, 15) is 4.79 Å². The van der Waals surface area contributed by atoms with Gasteiger partial charge in [0.25, 0.3) is 5.91 Å². The Morgan fingerprint density at radius 2 is 1.80 bits per heavy atom.